The number of nitrogens with one attached hydrogen (secondary N) is 2. The number of anilines is 4. The number of carbonyl (C=O) groups is 1. The number of hydrazine groups is 1. The number of hydrogen-bond acceptors (Lipinski definition) is 10. The lowest BCUT2D eigenvalue weighted by molar-refractivity contribution is -0.0660. The fraction of sp³-hybridized carbons (Fsp3) is 0.412. The van der Waals surface area contributed by atoms with E-state index in [4.69, 9.17) is 4.74 Å². The second-order valence-electron chi connectivity index (χ2n) is 12.8. The Labute approximate surface area is 272 Å². The molecule has 3 N–H and O–H groups in total. The normalized spacial score (nSPS) is 18.4. The van der Waals surface area contributed by atoms with Gasteiger partial charge in [-0.2, -0.15) is 0 Å². The third kappa shape index (κ3) is 5.43. The van der Waals surface area contributed by atoms with Gasteiger partial charge >= 0.3 is 0 Å². The van der Waals surface area contributed by atoms with Gasteiger partial charge in [-0.05, 0) is 49.1 Å². The average molecular weight is 638 g/mol. The number of piperazine rings is 1. The number of hydrogen-bond donors (Lipinski definition) is 3. The zero-order chi connectivity index (χ0) is 32.1. The Morgan fingerprint density at radius 3 is 2.62 bits per heavy atom. The van der Waals surface area contributed by atoms with Crippen LogP contribution in [0.5, 0.6) is 0 Å². The Morgan fingerprint density at radius 2 is 1.87 bits per heavy atom. The van der Waals surface area contributed by atoms with Gasteiger partial charge in [-0.25, -0.2) is 9.97 Å². The molecular formula is C34H39N9O4. The van der Waals surface area contributed by atoms with Crippen LogP contribution < -0.4 is 26.2 Å². The predicted octanol–water partition coefficient (Wildman–Crippen LogP) is 2.40. The molecule has 2 saturated heterocycles. The molecule has 0 bridgehead atoms. The Kier molecular flexibility index (Phi) is 7.66. The van der Waals surface area contributed by atoms with Gasteiger partial charge in [-0.1, -0.05) is 0 Å². The largest absolute Gasteiger partial charge is 0.392 e. The van der Waals surface area contributed by atoms with Crippen LogP contribution in [-0.4, -0.2) is 80.5 Å². The summed E-state index contributed by atoms with van der Waals surface area (Å²) >= 11 is 0. The second kappa shape index (κ2) is 12.1. The minimum atomic E-state index is -0.303. The van der Waals surface area contributed by atoms with Crippen LogP contribution in [0, 0.1) is 0 Å². The van der Waals surface area contributed by atoms with Crippen LogP contribution in [0.15, 0.2) is 53.8 Å². The summed E-state index contributed by atoms with van der Waals surface area (Å²) in [6.45, 7) is 6.62. The van der Waals surface area contributed by atoms with Crippen molar-refractivity contribution in [1.82, 2.24) is 29.4 Å². The van der Waals surface area contributed by atoms with Crippen LogP contribution in [0.3, 0.4) is 0 Å². The van der Waals surface area contributed by atoms with Crippen molar-refractivity contribution in [2.24, 2.45) is 7.05 Å². The fourth-order valence-electron chi connectivity index (χ4n) is 7.24. The number of aryl methyl sites for hydroxylation is 2. The maximum absolute atomic E-state index is 13.2. The van der Waals surface area contributed by atoms with Crippen LogP contribution >= 0.6 is 0 Å². The SMILES string of the molecule is Cn1cc(-c2ccnc(N3Cc4c(cn5c4CCCC5)C(=O)N3)c2CO)cc(Nc2ccc(N3CCN(C4COC4)CC3)cn2)c1=O. The van der Waals surface area contributed by atoms with Crippen molar-refractivity contribution in [3.63, 3.8) is 0 Å². The number of nitrogens with zero attached hydrogens (tertiary/aromatic N) is 7. The number of aromatic nitrogens is 4. The number of aliphatic hydroxyl groups is 1. The molecular weight excluding hydrogens is 598 g/mol. The van der Waals surface area contributed by atoms with Crippen molar-refractivity contribution in [2.75, 3.05) is 54.6 Å². The first-order valence-corrected chi connectivity index (χ1v) is 16.4. The number of rotatable bonds is 7. The Hall–Kier alpha value is -4.72. The van der Waals surface area contributed by atoms with E-state index in [0.717, 1.165) is 82.0 Å². The molecule has 0 saturated carbocycles. The molecule has 1 amide bonds. The van der Waals surface area contributed by atoms with Gasteiger partial charge in [0.25, 0.3) is 11.5 Å². The number of aliphatic hydroxyl groups excluding tert-OH is 1. The van der Waals surface area contributed by atoms with E-state index >= 15 is 0 Å². The highest BCUT2D eigenvalue weighted by Gasteiger charge is 2.32. The standard InChI is InChI=1S/C34H39N9O4/c1-39-16-22(14-29(34(39)46)37-31-6-5-23(15-36-31)40-10-12-41(13-11-40)24-20-47-21-24)25-7-8-35-32(28(25)19-44)43-18-26-27(33(45)38-43)17-42-9-3-2-4-30(26)42/h5-8,14-17,24,44H,2-4,9-13,18-21H2,1H3,(H,36,37)(H,38,45). The van der Waals surface area contributed by atoms with E-state index in [2.05, 4.69) is 35.1 Å². The van der Waals surface area contributed by atoms with E-state index in [1.54, 1.807) is 30.5 Å². The minimum absolute atomic E-state index is 0.178. The van der Waals surface area contributed by atoms with Gasteiger partial charge in [0.05, 0.1) is 49.9 Å². The quantitative estimate of drug-likeness (QED) is 0.278. The molecule has 4 aliphatic rings. The van der Waals surface area contributed by atoms with Crippen LogP contribution in [-0.2, 0) is 37.9 Å². The number of amides is 1. The first kappa shape index (κ1) is 29.7. The van der Waals surface area contributed by atoms with Crippen molar-refractivity contribution in [1.29, 1.82) is 0 Å². The van der Waals surface area contributed by atoms with Crippen LogP contribution in [0.25, 0.3) is 11.1 Å². The van der Waals surface area contributed by atoms with Gasteiger partial charge in [0.15, 0.2) is 5.82 Å². The topological polar surface area (TPSA) is 133 Å². The summed E-state index contributed by atoms with van der Waals surface area (Å²) in [4.78, 5) is 40.5. The molecule has 0 spiro atoms. The number of fused-ring (bicyclic) bond motifs is 3. The highest BCUT2D eigenvalue weighted by atomic mass is 16.5. The van der Waals surface area contributed by atoms with Crippen molar-refractivity contribution in [2.45, 2.75) is 45.0 Å². The number of ether oxygens (including phenoxy) is 1. The zero-order valence-corrected chi connectivity index (χ0v) is 26.5. The Morgan fingerprint density at radius 1 is 1.02 bits per heavy atom. The molecule has 0 aliphatic carbocycles. The second-order valence-corrected chi connectivity index (χ2v) is 12.8. The van der Waals surface area contributed by atoms with Crippen molar-refractivity contribution < 1.29 is 14.6 Å². The van der Waals surface area contributed by atoms with E-state index in [1.807, 2.05) is 30.6 Å². The van der Waals surface area contributed by atoms with Crippen molar-refractivity contribution in [3.05, 3.63) is 81.8 Å². The molecule has 8 rings (SSSR count). The summed E-state index contributed by atoms with van der Waals surface area (Å²) in [6.07, 6.45) is 10.4. The Balaban J connectivity index is 1.04. The molecule has 2 fully saturated rings. The van der Waals surface area contributed by atoms with Gasteiger partial charge in [0.2, 0.25) is 0 Å². The molecule has 0 atom stereocenters. The van der Waals surface area contributed by atoms with Crippen LogP contribution in [0.2, 0.25) is 0 Å². The summed E-state index contributed by atoms with van der Waals surface area (Å²) in [5, 5.41) is 15.6. The summed E-state index contributed by atoms with van der Waals surface area (Å²) in [5.41, 5.74) is 9.10. The predicted molar refractivity (Wildman–Crippen MR) is 178 cm³/mol. The number of carbonyl (C=O) groups excluding carboxylic acids is 1. The monoisotopic (exact) mass is 637 g/mol. The highest BCUT2D eigenvalue weighted by Crippen LogP contribution is 2.34. The molecule has 0 aromatic carbocycles. The first-order valence-electron chi connectivity index (χ1n) is 16.4. The Bertz CT molecular complexity index is 1870. The van der Waals surface area contributed by atoms with Crippen LogP contribution in [0.1, 0.15) is 40.0 Å². The summed E-state index contributed by atoms with van der Waals surface area (Å²) in [5.74, 6) is 0.860. The summed E-state index contributed by atoms with van der Waals surface area (Å²) < 4.78 is 9.07. The van der Waals surface area contributed by atoms with Crippen LogP contribution in [0.4, 0.5) is 23.0 Å². The lowest BCUT2D eigenvalue weighted by Crippen LogP contribution is -2.56. The molecule has 13 nitrogen and oxygen atoms in total. The van der Waals surface area contributed by atoms with E-state index in [9.17, 15) is 14.7 Å². The lowest BCUT2D eigenvalue weighted by Gasteiger charge is -2.43. The number of pyridine rings is 3. The molecule has 0 radical (unpaired) electrons. The van der Waals surface area contributed by atoms with Gasteiger partial charge in [-0.15, -0.1) is 0 Å². The molecule has 244 valence electrons. The summed E-state index contributed by atoms with van der Waals surface area (Å²) in [7, 11) is 1.70. The highest BCUT2D eigenvalue weighted by molar-refractivity contribution is 5.98. The van der Waals surface area contributed by atoms with E-state index in [0.29, 0.717) is 46.6 Å². The fourth-order valence-corrected chi connectivity index (χ4v) is 7.24. The van der Waals surface area contributed by atoms with Gasteiger partial charge in [0.1, 0.15) is 11.5 Å². The average Bonchev–Trinajstić information content (AvgIpc) is 3.46. The van der Waals surface area contributed by atoms with Gasteiger partial charge in [-0.3, -0.25) is 24.9 Å². The zero-order valence-electron chi connectivity index (χ0n) is 26.5. The van der Waals surface area contributed by atoms with E-state index in [-0.39, 0.29) is 18.1 Å². The van der Waals surface area contributed by atoms with Gasteiger partial charge in [0, 0.05) is 80.7 Å². The molecule has 47 heavy (non-hydrogen) atoms. The molecule has 4 aromatic rings. The summed E-state index contributed by atoms with van der Waals surface area (Å²) in [6, 6.07) is 8.07. The van der Waals surface area contributed by atoms with Crippen molar-refractivity contribution in [3.8, 4) is 11.1 Å². The maximum atomic E-state index is 13.2. The smallest absolute Gasteiger partial charge is 0.274 e. The third-order valence-electron chi connectivity index (χ3n) is 9.93. The third-order valence-corrected chi connectivity index (χ3v) is 9.93. The van der Waals surface area contributed by atoms with Crippen molar-refractivity contribution >= 4 is 28.9 Å². The molecule has 4 aliphatic heterocycles. The van der Waals surface area contributed by atoms with E-state index in [1.165, 1.54) is 10.3 Å². The maximum Gasteiger partial charge on any atom is 0.274 e. The first-order chi connectivity index (χ1) is 23.0. The minimum Gasteiger partial charge on any atom is -0.392 e. The van der Waals surface area contributed by atoms with Gasteiger partial charge < -0.3 is 29.2 Å². The molecule has 13 heteroatoms. The lowest BCUT2D eigenvalue weighted by atomic mass is 10.0. The molecule has 4 aromatic heterocycles. The molecule has 0 unspecified atom stereocenters. The van der Waals surface area contributed by atoms with E-state index < -0.39 is 0 Å². The molecule has 8 heterocycles.